The van der Waals surface area contributed by atoms with Gasteiger partial charge in [-0.1, -0.05) is 0 Å². The largest absolute Gasteiger partial charge is 0.384 e. The molecule has 0 amide bonds. The van der Waals surface area contributed by atoms with E-state index in [1.165, 1.54) is 0 Å². The number of rotatable bonds is 5. The Kier molecular flexibility index (Phi) is 4.72. The molecule has 0 bridgehead atoms. The van der Waals surface area contributed by atoms with Gasteiger partial charge in [-0.25, -0.2) is 4.98 Å². The lowest BCUT2D eigenvalue weighted by molar-refractivity contribution is 0.0636. The Labute approximate surface area is 114 Å². The monoisotopic (exact) mass is 260 g/mol. The van der Waals surface area contributed by atoms with Crippen molar-refractivity contribution in [3.63, 3.8) is 0 Å². The maximum absolute atomic E-state index is 9.04. The predicted molar refractivity (Wildman–Crippen MR) is 73.9 cm³/mol. The lowest BCUT2D eigenvalue weighted by atomic mass is 9.79. The smallest absolute Gasteiger partial charge is 0.163 e. The molecule has 1 fully saturated rings. The molecule has 0 atom stereocenters. The molecule has 0 aromatic carbocycles. The highest BCUT2D eigenvalue weighted by atomic mass is 16.5. The SMILES string of the molecule is COCC1(CNc2cccnc2C#N)CCNCC1. The molecule has 0 aliphatic carbocycles. The summed E-state index contributed by atoms with van der Waals surface area (Å²) < 4.78 is 5.38. The lowest BCUT2D eigenvalue weighted by Gasteiger charge is -2.37. The van der Waals surface area contributed by atoms with Crippen LogP contribution in [-0.4, -0.2) is 38.3 Å². The molecule has 5 heteroatoms. The van der Waals surface area contributed by atoms with Crippen LogP contribution in [0.5, 0.6) is 0 Å². The predicted octanol–water partition coefficient (Wildman–Crippen LogP) is 1.38. The quantitative estimate of drug-likeness (QED) is 0.837. The van der Waals surface area contributed by atoms with Crippen LogP contribution in [0.2, 0.25) is 0 Å². The van der Waals surface area contributed by atoms with Crippen molar-refractivity contribution in [1.29, 1.82) is 5.26 Å². The van der Waals surface area contributed by atoms with Gasteiger partial charge in [0.25, 0.3) is 0 Å². The van der Waals surface area contributed by atoms with E-state index in [1.807, 2.05) is 12.1 Å². The van der Waals surface area contributed by atoms with E-state index < -0.39 is 0 Å². The summed E-state index contributed by atoms with van der Waals surface area (Å²) in [4.78, 5) is 4.06. The van der Waals surface area contributed by atoms with Gasteiger partial charge in [0, 0.05) is 25.3 Å². The van der Waals surface area contributed by atoms with Crippen molar-refractivity contribution in [1.82, 2.24) is 10.3 Å². The van der Waals surface area contributed by atoms with Crippen LogP contribution >= 0.6 is 0 Å². The van der Waals surface area contributed by atoms with Gasteiger partial charge in [-0.3, -0.25) is 0 Å². The summed E-state index contributed by atoms with van der Waals surface area (Å²) in [6.45, 7) is 3.58. The Hall–Kier alpha value is -1.64. The average molecular weight is 260 g/mol. The maximum Gasteiger partial charge on any atom is 0.163 e. The summed E-state index contributed by atoms with van der Waals surface area (Å²) in [5.41, 5.74) is 1.39. The third kappa shape index (κ3) is 3.43. The molecule has 0 radical (unpaired) electrons. The molecular weight excluding hydrogens is 240 g/mol. The zero-order valence-corrected chi connectivity index (χ0v) is 11.3. The van der Waals surface area contributed by atoms with Gasteiger partial charge in [0.05, 0.1) is 12.3 Å². The highest BCUT2D eigenvalue weighted by Gasteiger charge is 2.32. The number of methoxy groups -OCH3 is 1. The number of nitriles is 1. The first kappa shape index (κ1) is 13.8. The van der Waals surface area contributed by atoms with E-state index in [-0.39, 0.29) is 5.41 Å². The highest BCUT2D eigenvalue weighted by molar-refractivity contribution is 5.53. The molecule has 2 rings (SSSR count). The van der Waals surface area contributed by atoms with Crippen molar-refractivity contribution in [2.45, 2.75) is 12.8 Å². The summed E-state index contributed by atoms with van der Waals surface area (Å²) in [5.74, 6) is 0. The Morgan fingerprint density at radius 1 is 1.53 bits per heavy atom. The third-order valence-corrected chi connectivity index (χ3v) is 3.68. The number of anilines is 1. The molecule has 1 aliphatic rings. The Morgan fingerprint density at radius 3 is 3.00 bits per heavy atom. The van der Waals surface area contributed by atoms with Crippen molar-refractivity contribution >= 4 is 5.69 Å². The third-order valence-electron chi connectivity index (χ3n) is 3.68. The van der Waals surface area contributed by atoms with Crippen LogP contribution in [0.4, 0.5) is 5.69 Å². The first-order valence-corrected chi connectivity index (χ1v) is 6.58. The molecule has 102 valence electrons. The zero-order valence-electron chi connectivity index (χ0n) is 11.3. The van der Waals surface area contributed by atoms with Crippen molar-refractivity contribution in [2.75, 3.05) is 38.7 Å². The molecular formula is C14H20N4O. The van der Waals surface area contributed by atoms with Crippen molar-refractivity contribution < 1.29 is 4.74 Å². The Morgan fingerprint density at radius 2 is 2.32 bits per heavy atom. The first-order valence-electron chi connectivity index (χ1n) is 6.58. The summed E-state index contributed by atoms with van der Waals surface area (Å²) in [5, 5.41) is 15.8. The minimum Gasteiger partial charge on any atom is -0.384 e. The number of pyridine rings is 1. The maximum atomic E-state index is 9.04. The van der Waals surface area contributed by atoms with Crippen LogP contribution < -0.4 is 10.6 Å². The molecule has 19 heavy (non-hydrogen) atoms. The van der Waals surface area contributed by atoms with Crippen molar-refractivity contribution in [2.24, 2.45) is 5.41 Å². The summed E-state index contributed by atoms with van der Waals surface area (Å²) in [7, 11) is 1.74. The standard InChI is InChI=1S/C14H20N4O/c1-19-11-14(4-7-16-8-5-14)10-18-12-3-2-6-17-13(12)9-15/h2-3,6,16,18H,4-5,7-8,10-11H2,1H3. The summed E-state index contributed by atoms with van der Waals surface area (Å²) in [6, 6.07) is 5.85. The zero-order chi connectivity index (χ0) is 13.6. The van der Waals surface area contributed by atoms with E-state index in [4.69, 9.17) is 10.00 Å². The Bertz CT molecular complexity index is 443. The van der Waals surface area contributed by atoms with Crippen LogP contribution in [0, 0.1) is 16.7 Å². The second kappa shape index (κ2) is 6.50. The Balaban J connectivity index is 2.04. The van der Waals surface area contributed by atoms with Gasteiger partial charge in [-0.15, -0.1) is 0 Å². The van der Waals surface area contributed by atoms with Gasteiger partial charge in [0.15, 0.2) is 5.69 Å². The van der Waals surface area contributed by atoms with Crippen LogP contribution in [-0.2, 0) is 4.74 Å². The second-order valence-corrected chi connectivity index (χ2v) is 5.05. The highest BCUT2D eigenvalue weighted by Crippen LogP contribution is 2.29. The molecule has 1 aromatic rings. The molecule has 0 saturated carbocycles. The minimum absolute atomic E-state index is 0.141. The van der Waals surface area contributed by atoms with Crippen LogP contribution in [0.15, 0.2) is 18.3 Å². The van der Waals surface area contributed by atoms with Gasteiger partial charge < -0.3 is 15.4 Å². The van der Waals surface area contributed by atoms with E-state index in [0.29, 0.717) is 5.69 Å². The molecule has 1 aromatic heterocycles. The van der Waals surface area contributed by atoms with E-state index in [1.54, 1.807) is 13.3 Å². The molecule has 1 saturated heterocycles. The molecule has 0 unspecified atom stereocenters. The van der Waals surface area contributed by atoms with Gasteiger partial charge in [-0.05, 0) is 38.1 Å². The normalized spacial score (nSPS) is 17.7. The summed E-state index contributed by atoms with van der Waals surface area (Å²) in [6.07, 6.45) is 3.80. The number of nitrogens with zero attached hydrogens (tertiary/aromatic N) is 2. The molecule has 2 heterocycles. The summed E-state index contributed by atoms with van der Waals surface area (Å²) >= 11 is 0. The van der Waals surface area contributed by atoms with Crippen molar-refractivity contribution in [3.05, 3.63) is 24.0 Å². The number of hydrogen-bond donors (Lipinski definition) is 2. The fraction of sp³-hybridized carbons (Fsp3) is 0.571. The van der Waals surface area contributed by atoms with Crippen LogP contribution in [0.3, 0.4) is 0 Å². The second-order valence-electron chi connectivity index (χ2n) is 5.05. The van der Waals surface area contributed by atoms with E-state index >= 15 is 0 Å². The lowest BCUT2D eigenvalue weighted by Crippen LogP contribution is -2.44. The van der Waals surface area contributed by atoms with Gasteiger partial charge in [0.1, 0.15) is 6.07 Å². The molecule has 5 nitrogen and oxygen atoms in total. The van der Waals surface area contributed by atoms with Gasteiger partial charge >= 0.3 is 0 Å². The molecule has 2 N–H and O–H groups in total. The number of nitrogens with one attached hydrogen (secondary N) is 2. The number of piperidine rings is 1. The van der Waals surface area contributed by atoms with Gasteiger partial charge in [-0.2, -0.15) is 5.26 Å². The van der Waals surface area contributed by atoms with E-state index in [2.05, 4.69) is 21.7 Å². The van der Waals surface area contributed by atoms with E-state index in [9.17, 15) is 0 Å². The van der Waals surface area contributed by atoms with Crippen LogP contribution in [0.25, 0.3) is 0 Å². The van der Waals surface area contributed by atoms with Gasteiger partial charge in [0.2, 0.25) is 0 Å². The topological polar surface area (TPSA) is 70.0 Å². The number of ether oxygens (including phenoxy) is 1. The molecule has 1 aliphatic heterocycles. The van der Waals surface area contributed by atoms with Crippen molar-refractivity contribution in [3.8, 4) is 6.07 Å². The van der Waals surface area contributed by atoms with Crippen LogP contribution in [0.1, 0.15) is 18.5 Å². The fourth-order valence-corrected chi connectivity index (χ4v) is 2.56. The number of aromatic nitrogens is 1. The number of hydrogen-bond acceptors (Lipinski definition) is 5. The first-order chi connectivity index (χ1) is 9.29. The molecule has 0 spiro atoms. The van der Waals surface area contributed by atoms with E-state index in [0.717, 1.165) is 44.8 Å². The fourth-order valence-electron chi connectivity index (χ4n) is 2.56. The minimum atomic E-state index is 0.141. The average Bonchev–Trinajstić information content (AvgIpc) is 2.47.